The maximum Gasteiger partial charge on any atom is 0.180 e. The van der Waals surface area contributed by atoms with Crippen LogP contribution in [0.15, 0.2) is 23.6 Å². The number of hydrogen-bond acceptors (Lipinski definition) is 5. The van der Waals surface area contributed by atoms with Crippen LogP contribution in [0.1, 0.15) is 59.6 Å². The molecule has 2 aromatic rings. The monoisotopic (exact) mass is 363 g/mol. The number of ether oxygens (including phenoxy) is 1. The predicted octanol–water partition coefficient (Wildman–Crippen LogP) is 5.72. The molecule has 0 spiro atoms. The molecule has 0 fully saturated rings. The summed E-state index contributed by atoms with van der Waals surface area (Å²) in [6.07, 6.45) is 4.42. The van der Waals surface area contributed by atoms with Gasteiger partial charge in [-0.1, -0.05) is 33.3 Å². The molecular formula is C20H33N3OS. The molecule has 25 heavy (non-hydrogen) atoms. The molecule has 0 radical (unpaired) electrons. The number of nitrogens with two attached hydrogens (primary N) is 1. The molecule has 0 aromatic carbocycles. The number of nitrogen functional groups attached to an aromatic ring is 1. The molecule has 0 bridgehead atoms. The average Bonchev–Trinajstić information content (AvgIpc) is 3.01. The maximum atomic E-state index is 5.77. The van der Waals surface area contributed by atoms with Crippen molar-refractivity contribution in [3.63, 3.8) is 0 Å². The second kappa shape index (κ2) is 11.2. The molecule has 0 saturated heterocycles. The van der Waals surface area contributed by atoms with Crippen molar-refractivity contribution in [3.8, 4) is 11.4 Å². The number of aromatic nitrogens is 2. The molecule has 2 rings (SSSR count). The highest BCUT2D eigenvalue weighted by Gasteiger charge is 2.09. The Balaban J connectivity index is 0.000000252. The van der Waals surface area contributed by atoms with Gasteiger partial charge in [0.1, 0.15) is 5.69 Å². The van der Waals surface area contributed by atoms with E-state index in [1.807, 2.05) is 30.5 Å². The minimum atomic E-state index is 0.420. The van der Waals surface area contributed by atoms with Crippen LogP contribution < -0.4 is 5.73 Å². The molecule has 0 aliphatic heterocycles. The van der Waals surface area contributed by atoms with Crippen molar-refractivity contribution in [1.82, 2.24) is 9.97 Å². The summed E-state index contributed by atoms with van der Waals surface area (Å²) in [5.74, 6) is 0.795. The molecule has 2 heterocycles. The minimum absolute atomic E-state index is 0.420. The van der Waals surface area contributed by atoms with E-state index in [2.05, 4.69) is 44.6 Å². The first-order valence-electron chi connectivity index (χ1n) is 9.16. The van der Waals surface area contributed by atoms with Crippen molar-refractivity contribution < 1.29 is 4.74 Å². The van der Waals surface area contributed by atoms with Gasteiger partial charge in [0.15, 0.2) is 5.13 Å². The summed E-state index contributed by atoms with van der Waals surface area (Å²) in [5, 5.41) is 2.50. The summed E-state index contributed by atoms with van der Waals surface area (Å²) in [7, 11) is 0. The van der Waals surface area contributed by atoms with E-state index < -0.39 is 0 Å². The van der Waals surface area contributed by atoms with E-state index in [1.54, 1.807) is 0 Å². The lowest BCUT2D eigenvalue weighted by atomic mass is 10.0. The molecule has 0 aliphatic carbocycles. The van der Waals surface area contributed by atoms with Gasteiger partial charge in [-0.3, -0.25) is 4.98 Å². The molecule has 5 heteroatoms. The lowest BCUT2D eigenvalue weighted by molar-refractivity contribution is -0.00471. The Labute approximate surface area is 156 Å². The van der Waals surface area contributed by atoms with E-state index in [-0.39, 0.29) is 0 Å². The van der Waals surface area contributed by atoms with Crippen LogP contribution in [0.3, 0.4) is 0 Å². The van der Waals surface area contributed by atoms with Crippen LogP contribution in [0.5, 0.6) is 0 Å². The summed E-state index contributed by atoms with van der Waals surface area (Å²) < 4.78 is 5.77. The van der Waals surface area contributed by atoms with Crippen LogP contribution in [0.4, 0.5) is 5.13 Å². The fourth-order valence-electron chi connectivity index (χ4n) is 2.37. The smallest absolute Gasteiger partial charge is 0.180 e. The zero-order valence-corrected chi connectivity index (χ0v) is 17.3. The normalized spacial score (nSPS) is 14.3. The summed E-state index contributed by atoms with van der Waals surface area (Å²) in [6.45, 7) is 13.0. The topological polar surface area (TPSA) is 61.0 Å². The lowest BCUT2D eigenvalue weighted by Crippen LogP contribution is -2.18. The van der Waals surface area contributed by atoms with E-state index in [4.69, 9.17) is 10.5 Å². The highest BCUT2D eigenvalue weighted by atomic mass is 32.1. The van der Waals surface area contributed by atoms with Crippen LogP contribution in [-0.2, 0) is 4.74 Å². The lowest BCUT2D eigenvalue weighted by Gasteiger charge is -2.20. The number of anilines is 1. The Morgan fingerprint density at radius 3 is 2.28 bits per heavy atom. The van der Waals surface area contributed by atoms with E-state index in [9.17, 15) is 0 Å². The summed E-state index contributed by atoms with van der Waals surface area (Å²) >= 11 is 1.43. The highest BCUT2D eigenvalue weighted by molar-refractivity contribution is 7.13. The number of hydrogen-bond donors (Lipinski definition) is 1. The van der Waals surface area contributed by atoms with E-state index >= 15 is 0 Å². The standard InChI is InChI=1S/C11H24O.C9H9N3S/c1-6-9(3)8-11(5)12-10(4)7-2;1-6-3-2-4-7(11-6)8-5-13-9(10)12-8/h9-11H,6-8H2,1-5H3;2-5H,1H3,(H2,10,12). The van der Waals surface area contributed by atoms with Crippen molar-refractivity contribution >= 4 is 16.5 Å². The summed E-state index contributed by atoms with van der Waals surface area (Å²) in [6, 6.07) is 5.86. The summed E-state index contributed by atoms with van der Waals surface area (Å²) in [4.78, 5) is 8.50. The van der Waals surface area contributed by atoms with Crippen LogP contribution in [0.2, 0.25) is 0 Å². The second-order valence-corrected chi connectivity index (χ2v) is 7.54. The first kappa shape index (κ1) is 21.6. The zero-order chi connectivity index (χ0) is 18.8. The van der Waals surface area contributed by atoms with Gasteiger partial charge in [0.2, 0.25) is 0 Å². The first-order valence-corrected chi connectivity index (χ1v) is 10.0. The van der Waals surface area contributed by atoms with Gasteiger partial charge in [0.05, 0.1) is 17.9 Å². The van der Waals surface area contributed by atoms with E-state index in [0.29, 0.717) is 17.3 Å². The van der Waals surface area contributed by atoms with Gasteiger partial charge in [-0.2, -0.15) is 0 Å². The second-order valence-electron chi connectivity index (χ2n) is 6.65. The molecule has 3 unspecified atom stereocenters. The van der Waals surface area contributed by atoms with E-state index in [1.165, 1.54) is 24.2 Å². The average molecular weight is 364 g/mol. The Morgan fingerprint density at radius 1 is 1.04 bits per heavy atom. The predicted molar refractivity (Wildman–Crippen MR) is 109 cm³/mol. The molecule has 140 valence electrons. The fourth-order valence-corrected chi connectivity index (χ4v) is 2.93. The highest BCUT2D eigenvalue weighted by Crippen LogP contribution is 2.21. The Morgan fingerprint density at radius 2 is 1.76 bits per heavy atom. The number of aryl methyl sites for hydroxylation is 1. The van der Waals surface area contributed by atoms with Gasteiger partial charge in [-0.05, 0) is 51.7 Å². The Kier molecular flexibility index (Phi) is 9.68. The van der Waals surface area contributed by atoms with Crippen molar-refractivity contribution in [2.45, 2.75) is 73.0 Å². The molecule has 0 aliphatic rings. The van der Waals surface area contributed by atoms with Crippen LogP contribution in [0.25, 0.3) is 11.4 Å². The number of thiazole rings is 1. The molecule has 2 N–H and O–H groups in total. The minimum Gasteiger partial charge on any atom is -0.376 e. The molecule has 0 saturated carbocycles. The van der Waals surface area contributed by atoms with Crippen molar-refractivity contribution in [2.24, 2.45) is 5.92 Å². The van der Waals surface area contributed by atoms with Crippen LogP contribution >= 0.6 is 11.3 Å². The number of nitrogens with zero attached hydrogens (tertiary/aromatic N) is 2. The third-order valence-corrected chi connectivity index (χ3v) is 4.82. The zero-order valence-electron chi connectivity index (χ0n) is 16.5. The van der Waals surface area contributed by atoms with Crippen molar-refractivity contribution in [2.75, 3.05) is 5.73 Å². The fraction of sp³-hybridized carbons (Fsp3) is 0.600. The van der Waals surface area contributed by atoms with Gasteiger partial charge < -0.3 is 10.5 Å². The maximum absolute atomic E-state index is 5.77. The molecular weight excluding hydrogens is 330 g/mol. The largest absolute Gasteiger partial charge is 0.376 e. The SMILES string of the molecule is CCC(C)CC(C)OC(C)CC.Cc1cccc(-c2csc(N)n2)n1. The molecule has 2 aromatic heterocycles. The van der Waals surface area contributed by atoms with Gasteiger partial charge in [0, 0.05) is 11.1 Å². The molecule has 0 amide bonds. The van der Waals surface area contributed by atoms with Gasteiger partial charge >= 0.3 is 0 Å². The summed E-state index contributed by atoms with van der Waals surface area (Å²) in [5.41, 5.74) is 8.26. The van der Waals surface area contributed by atoms with Gasteiger partial charge in [0.25, 0.3) is 0 Å². The van der Waals surface area contributed by atoms with Crippen molar-refractivity contribution in [1.29, 1.82) is 0 Å². The Bertz CT molecular complexity index is 602. The number of rotatable bonds is 7. The third kappa shape index (κ3) is 8.45. The van der Waals surface area contributed by atoms with Crippen molar-refractivity contribution in [3.05, 3.63) is 29.3 Å². The van der Waals surface area contributed by atoms with E-state index in [0.717, 1.165) is 29.4 Å². The first-order chi connectivity index (χ1) is 11.8. The van der Waals surface area contributed by atoms with Gasteiger partial charge in [-0.15, -0.1) is 11.3 Å². The van der Waals surface area contributed by atoms with Crippen LogP contribution in [-0.4, -0.2) is 22.2 Å². The molecule has 3 atom stereocenters. The van der Waals surface area contributed by atoms with Crippen LogP contribution in [0, 0.1) is 12.8 Å². The number of pyridine rings is 1. The quantitative estimate of drug-likeness (QED) is 0.683. The molecule has 4 nitrogen and oxygen atoms in total. The van der Waals surface area contributed by atoms with Gasteiger partial charge in [-0.25, -0.2) is 4.98 Å². The Hall–Kier alpha value is -1.46. The third-order valence-electron chi connectivity index (χ3n) is 4.14.